The van der Waals surface area contributed by atoms with Gasteiger partial charge >= 0.3 is 0 Å². The predicted octanol–water partition coefficient (Wildman–Crippen LogP) is 1.90. The lowest BCUT2D eigenvalue weighted by Crippen LogP contribution is -2.38. The minimum atomic E-state index is 0.145. The number of fused-ring (bicyclic) bond motifs is 1. The number of likely N-dealkylation sites (N-methyl/N-ethyl adjacent to an activating group) is 1. The summed E-state index contributed by atoms with van der Waals surface area (Å²) >= 11 is 0. The second kappa shape index (κ2) is 6.26. The summed E-state index contributed by atoms with van der Waals surface area (Å²) in [5, 5.41) is 4.28. The number of amides is 1. The first kappa shape index (κ1) is 14.1. The van der Waals surface area contributed by atoms with E-state index in [2.05, 4.69) is 5.10 Å². The minimum Gasteiger partial charge on any atom is -0.376 e. The largest absolute Gasteiger partial charge is 0.376 e. The molecule has 0 N–H and O–H groups in total. The molecule has 1 fully saturated rings. The molecule has 112 valence electrons. The summed E-state index contributed by atoms with van der Waals surface area (Å²) in [5.41, 5.74) is 1.98. The van der Waals surface area contributed by atoms with Crippen LogP contribution in [0.1, 0.15) is 25.3 Å². The molecular formula is C16H21N3O2. The summed E-state index contributed by atoms with van der Waals surface area (Å²) in [4.78, 5) is 14.4. The Morgan fingerprint density at radius 1 is 1.52 bits per heavy atom. The molecule has 21 heavy (non-hydrogen) atoms. The molecule has 5 nitrogen and oxygen atoms in total. The molecule has 2 aromatic heterocycles. The molecule has 0 spiro atoms. The summed E-state index contributed by atoms with van der Waals surface area (Å²) in [7, 11) is 0. The van der Waals surface area contributed by atoms with Crippen molar-refractivity contribution < 1.29 is 9.53 Å². The molecule has 3 heterocycles. The SMILES string of the molecule is CCN(CC1CCCO1)C(=O)Cc1cnn2ccccc12. The molecule has 5 heteroatoms. The van der Waals surface area contributed by atoms with Gasteiger partial charge in [-0.2, -0.15) is 5.10 Å². The Morgan fingerprint density at radius 2 is 2.43 bits per heavy atom. The van der Waals surface area contributed by atoms with Gasteiger partial charge in [0.15, 0.2) is 0 Å². The first-order chi connectivity index (χ1) is 10.3. The molecule has 1 aliphatic rings. The van der Waals surface area contributed by atoms with Gasteiger partial charge in [-0.25, -0.2) is 4.52 Å². The highest BCUT2D eigenvalue weighted by Gasteiger charge is 2.22. The normalized spacial score (nSPS) is 18.2. The third-order valence-electron chi connectivity index (χ3n) is 4.03. The van der Waals surface area contributed by atoms with E-state index in [1.54, 1.807) is 10.7 Å². The van der Waals surface area contributed by atoms with E-state index in [1.165, 1.54) is 0 Å². The van der Waals surface area contributed by atoms with E-state index in [0.717, 1.165) is 37.1 Å². The monoisotopic (exact) mass is 287 g/mol. The van der Waals surface area contributed by atoms with Crippen molar-refractivity contribution in [2.45, 2.75) is 32.3 Å². The molecule has 1 atom stereocenters. The van der Waals surface area contributed by atoms with Crippen LogP contribution in [0.4, 0.5) is 0 Å². The number of carbonyl (C=O) groups excluding carboxylic acids is 1. The van der Waals surface area contributed by atoms with Crippen LogP contribution < -0.4 is 0 Å². The molecule has 0 aromatic carbocycles. The maximum atomic E-state index is 12.5. The molecule has 1 amide bonds. The Bertz CT molecular complexity index is 617. The highest BCUT2D eigenvalue weighted by Crippen LogP contribution is 2.15. The quantitative estimate of drug-likeness (QED) is 0.844. The molecule has 0 bridgehead atoms. The zero-order valence-electron chi connectivity index (χ0n) is 12.4. The zero-order chi connectivity index (χ0) is 14.7. The Balaban J connectivity index is 1.69. The fourth-order valence-corrected chi connectivity index (χ4v) is 2.84. The van der Waals surface area contributed by atoms with Gasteiger partial charge in [-0.15, -0.1) is 0 Å². The van der Waals surface area contributed by atoms with Gasteiger partial charge in [0.2, 0.25) is 5.91 Å². The number of hydrogen-bond acceptors (Lipinski definition) is 3. The van der Waals surface area contributed by atoms with Crippen LogP contribution in [0, 0.1) is 0 Å². The van der Waals surface area contributed by atoms with Gasteiger partial charge in [0.05, 0.1) is 24.2 Å². The Labute approximate surface area is 124 Å². The van der Waals surface area contributed by atoms with Gasteiger partial charge in [-0.05, 0) is 31.9 Å². The predicted molar refractivity (Wildman–Crippen MR) is 80.1 cm³/mol. The van der Waals surface area contributed by atoms with Crippen LogP contribution in [0.5, 0.6) is 0 Å². The number of nitrogens with zero attached hydrogens (tertiary/aromatic N) is 3. The zero-order valence-corrected chi connectivity index (χ0v) is 12.4. The van der Waals surface area contributed by atoms with E-state index >= 15 is 0 Å². The summed E-state index contributed by atoms with van der Waals surface area (Å²) in [5.74, 6) is 0.145. The van der Waals surface area contributed by atoms with Crippen molar-refractivity contribution in [1.82, 2.24) is 14.5 Å². The molecule has 0 aliphatic carbocycles. The summed E-state index contributed by atoms with van der Waals surface area (Å²) < 4.78 is 7.44. The van der Waals surface area contributed by atoms with Crippen molar-refractivity contribution in [3.8, 4) is 0 Å². The summed E-state index contributed by atoms with van der Waals surface area (Å²) in [6, 6.07) is 5.89. The standard InChI is InChI=1S/C16H21N3O2/c1-2-18(12-14-6-5-9-21-14)16(20)10-13-11-17-19-8-4-3-7-15(13)19/h3-4,7-8,11,14H,2,5-6,9-10,12H2,1H3. The number of hydrogen-bond donors (Lipinski definition) is 0. The maximum Gasteiger partial charge on any atom is 0.227 e. The van der Waals surface area contributed by atoms with Gasteiger partial charge in [-0.3, -0.25) is 4.79 Å². The van der Waals surface area contributed by atoms with E-state index in [9.17, 15) is 4.79 Å². The second-order valence-corrected chi connectivity index (χ2v) is 5.44. The fraction of sp³-hybridized carbons (Fsp3) is 0.500. The molecule has 1 unspecified atom stereocenters. The topological polar surface area (TPSA) is 46.8 Å². The van der Waals surface area contributed by atoms with Crippen LogP contribution in [-0.2, 0) is 16.0 Å². The van der Waals surface area contributed by atoms with E-state index < -0.39 is 0 Å². The number of aromatic nitrogens is 2. The Kier molecular flexibility index (Phi) is 4.20. The van der Waals surface area contributed by atoms with Crippen molar-refractivity contribution in [2.24, 2.45) is 0 Å². The maximum absolute atomic E-state index is 12.5. The van der Waals surface area contributed by atoms with Crippen molar-refractivity contribution in [3.05, 3.63) is 36.2 Å². The molecule has 2 aromatic rings. The molecule has 1 aliphatic heterocycles. The van der Waals surface area contributed by atoms with E-state index in [4.69, 9.17) is 4.74 Å². The first-order valence-corrected chi connectivity index (χ1v) is 7.58. The molecular weight excluding hydrogens is 266 g/mol. The van der Waals surface area contributed by atoms with E-state index in [0.29, 0.717) is 13.0 Å². The lowest BCUT2D eigenvalue weighted by molar-refractivity contribution is -0.131. The van der Waals surface area contributed by atoms with Crippen LogP contribution in [0.3, 0.4) is 0 Å². The van der Waals surface area contributed by atoms with Crippen LogP contribution in [0.15, 0.2) is 30.6 Å². The number of carbonyl (C=O) groups is 1. The number of rotatable bonds is 5. The van der Waals surface area contributed by atoms with Crippen molar-refractivity contribution in [1.29, 1.82) is 0 Å². The lowest BCUT2D eigenvalue weighted by atomic mass is 10.1. The average molecular weight is 287 g/mol. The number of ether oxygens (including phenoxy) is 1. The van der Waals surface area contributed by atoms with Crippen LogP contribution in [-0.4, -0.2) is 46.2 Å². The molecule has 3 rings (SSSR count). The second-order valence-electron chi connectivity index (χ2n) is 5.44. The highest BCUT2D eigenvalue weighted by atomic mass is 16.5. The van der Waals surface area contributed by atoms with Crippen LogP contribution >= 0.6 is 0 Å². The summed E-state index contributed by atoms with van der Waals surface area (Å²) in [6.07, 6.45) is 6.44. The van der Waals surface area contributed by atoms with Crippen molar-refractivity contribution in [3.63, 3.8) is 0 Å². The molecule has 1 saturated heterocycles. The highest BCUT2D eigenvalue weighted by molar-refractivity contribution is 5.81. The third-order valence-corrected chi connectivity index (χ3v) is 4.03. The number of pyridine rings is 1. The average Bonchev–Trinajstić information content (AvgIpc) is 3.15. The Hall–Kier alpha value is -1.88. The van der Waals surface area contributed by atoms with Gasteiger partial charge in [0.25, 0.3) is 0 Å². The lowest BCUT2D eigenvalue weighted by Gasteiger charge is -2.23. The fourth-order valence-electron chi connectivity index (χ4n) is 2.84. The van der Waals surface area contributed by atoms with Crippen LogP contribution in [0.25, 0.3) is 5.52 Å². The van der Waals surface area contributed by atoms with Crippen molar-refractivity contribution >= 4 is 11.4 Å². The van der Waals surface area contributed by atoms with Gasteiger partial charge in [-0.1, -0.05) is 6.07 Å². The van der Waals surface area contributed by atoms with Gasteiger partial charge < -0.3 is 9.64 Å². The van der Waals surface area contributed by atoms with Gasteiger partial charge in [0.1, 0.15) is 0 Å². The molecule has 0 radical (unpaired) electrons. The third kappa shape index (κ3) is 3.08. The van der Waals surface area contributed by atoms with Crippen molar-refractivity contribution in [2.75, 3.05) is 19.7 Å². The van der Waals surface area contributed by atoms with E-state index in [-0.39, 0.29) is 12.0 Å². The van der Waals surface area contributed by atoms with E-state index in [1.807, 2.05) is 36.2 Å². The summed E-state index contributed by atoms with van der Waals surface area (Å²) in [6.45, 7) is 4.26. The van der Waals surface area contributed by atoms with Gasteiger partial charge in [0, 0.05) is 31.5 Å². The minimum absolute atomic E-state index is 0.145. The Morgan fingerprint density at radius 3 is 3.19 bits per heavy atom. The smallest absolute Gasteiger partial charge is 0.227 e. The molecule has 0 saturated carbocycles. The van der Waals surface area contributed by atoms with Crippen LogP contribution in [0.2, 0.25) is 0 Å². The first-order valence-electron chi connectivity index (χ1n) is 7.58.